The minimum atomic E-state index is -0.738. The van der Waals surface area contributed by atoms with Crippen molar-refractivity contribution in [3.63, 3.8) is 0 Å². The van der Waals surface area contributed by atoms with Crippen molar-refractivity contribution in [2.45, 2.75) is 6.42 Å². The predicted molar refractivity (Wildman–Crippen MR) is 34.6 cm³/mol. The molecule has 10 heavy (non-hydrogen) atoms. The van der Waals surface area contributed by atoms with Crippen molar-refractivity contribution < 1.29 is 14.6 Å². The first-order chi connectivity index (χ1) is 4.80. The number of carbonyl (C=O) groups is 1. The van der Waals surface area contributed by atoms with Gasteiger partial charge in [0.05, 0.1) is 12.6 Å². The van der Waals surface area contributed by atoms with Crippen LogP contribution in [0.25, 0.3) is 0 Å². The van der Waals surface area contributed by atoms with Crippen LogP contribution in [0.4, 0.5) is 0 Å². The number of aliphatic carboxylic acids is 1. The summed E-state index contributed by atoms with van der Waals surface area (Å²) in [7, 11) is 0. The van der Waals surface area contributed by atoms with Gasteiger partial charge < -0.3 is 9.84 Å². The number of nitrogens with one attached hydrogen (secondary N) is 1. The smallest absolute Gasteiger partial charge is 0.307 e. The average Bonchev–Trinajstić information content (AvgIpc) is 2.12. The Morgan fingerprint density at radius 2 is 2.50 bits per heavy atom. The standard InChI is InChI=1S/C6H11NO3/c8-6(9)5-1-2-10-4-7-3-5/h5,7H,1-4H2,(H,8,9). The van der Waals surface area contributed by atoms with E-state index in [0.29, 0.717) is 26.3 Å². The Balaban J connectivity index is 2.35. The molecule has 1 heterocycles. The molecule has 1 saturated heterocycles. The minimum Gasteiger partial charge on any atom is -0.481 e. The molecule has 0 spiro atoms. The molecule has 0 amide bonds. The van der Waals surface area contributed by atoms with Gasteiger partial charge in [0.1, 0.15) is 0 Å². The van der Waals surface area contributed by atoms with Crippen molar-refractivity contribution in [1.29, 1.82) is 0 Å². The normalized spacial score (nSPS) is 27.4. The van der Waals surface area contributed by atoms with Crippen LogP contribution in [0.2, 0.25) is 0 Å². The van der Waals surface area contributed by atoms with Crippen LogP contribution in [0.15, 0.2) is 0 Å². The number of carboxylic acids is 1. The van der Waals surface area contributed by atoms with Crippen molar-refractivity contribution in [2.24, 2.45) is 5.92 Å². The third-order valence-electron chi connectivity index (χ3n) is 1.55. The summed E-state index contributed by atoms with van der Waals surface area (Å²) in [5.41, 5.74) is 0. The van der Waals surface area contributed by atoms with Crippen molar-refractivity contribution in [2.75, 3.05) is 19.9 Å². The number of hydrogen-bond donors (Lipinski definition) is 2. The molecular formula is C6H11NO3. The topological polar surface area (TPSA) is 58.6 Å². The van der Waals surface area contributed by atoms with E-state index in [4.69, 9.17) is 9.84 Å². The van der Waals surface area contributed by atoms with Gasteiger partial charge in [0.2, 0.25) is 0 Å². The fourth-order valence-corrected chi connectivity index (χ4v) is 0.916. The molecule has 1 fully saturated rings. The van der Waals surface area contributed by atoms with E-state index in [1.165, 1.54) is 0 Å². The molecule has 1 rings (SSSR count). The molecule has 0 aliphatic carbocycles. The molecule has 0 aromatic rings. The van der Waals surface area contributed by atoms with Crippen LogP contribution in [-0.4, -0.2) is 31.0 Å². The lowest BCUT2D eigenvalue weighted by Gasteiger charge is -2.05. The second-order valence-electron chi connectivity index (χ2n) is 2.33. The number of hydrogen-bond acceptors (Lipinski definition) is 3. The van der Waals surface area contributed by atoms with Gasteiger partial charge in [0.15, 0.2) is 0 Å². The van der Waals surface area contributed by atoms with Gasteiger partial charge in [-0.15, -0.1) is 0 Å². The van der Waals surface area contributed by atoms with Gasteiger partial charge >= 0.3 is 5.97 Å². The first kappa shape index (κ1) is 7.50. The van der Waals surface area contributed by atoms with Crippen LogP contribution < -0.4 is 5.32 Å². The van der Waals surface area contributed by atoms with E-state index in [9.17, 15) is 4.79 Å². The molecule has 0 aromatic carbocycles. The molecular weight excluding hydrogens is 134 g/mol. The Morgan fingerprint density at radius 3 is 3.20 bits per heavy atom. The number of carboxylic acid groups (broad SMARTS) is 1. The monoisotopic (exact) mass is 145 g/mol. The maximum atomic E-state index is 10.4. The zero-order chi connectivity index (χ0) is 7.40. The molecule has 1 unspecified atom stereocenters. The van der Waals surface area contributed by atoms with Gasteiger partial charge in [-0.1, -0.05) is 0 Å². The summed E-state index contributed by atoms with van der Waals surface area (Å²) in [5.74, 6) is -1.01. The molecule has 4 nitrogen and oxygen atoms in total. The van der Waals surface area contributed by atoms with Crippen LogP contribution in [0.3, 0.4) is 0 Å². The lowest BCUT2D eigenvalue weighted by atomic mass is 10.1. The third-order valence-corrected chi connectivity index (χ3v) is 1.55. The summed E-state index contributed by atoms with van der Waals surface area (Å²) >= 11 is 0. The third kappa shape index (κ3) is 1.97. The summed E-state index contributed by atoms with van der Waals surface area (Å²) in [6.45, 7) is 1.54. The molecule has 4 heteroatoms. The average molecular weight is 145 g/mol. The molecule has 58 valence electrons. The Morgan fingerprint density at radius 1 is 1.70 bits per heavy atom. The van der Waals surface area contributed by atoms with Gasteiger partial charge in [-0.05, 0) is 6.42 Å². The second-order valence-corrected chi connectivity index (χ2v) is 2.33. The van der Waals surface area contributed by atoms with Gasteiger partial charge in [0.25, 0.3) is 0 Å². The number of rotatable bonds is 1. The van der Waals surface area contributed by atoms with E-state index in [1.807, 2.05) is 0 Å². The molecule has 0 bridgehead atoms. The molecule has 1 aliphatic heterocycles. The molecule has 1 atom stereocenters. The highest BCUT2D eigenvalue weighted by atomic mass is 16.5. The second kappa shape index (κ2) is 3.53. The highest BCUT2D eigenvalue weighted by molar-refractivity contribution is 5.70. The quantitative estimate of drug-likeness (QED) is 0.529. The fraction of sp³-hybridized carbons (Fsp3) is 0.833. The summed E-state index contributed by atoms with van der Waals surface area (Å²) in [4.78, 5) is 10.4. The van der Waals surface area contributed by atoms with Crippen molar-refractivity contribution in [1.82, 2.24) is 5.32 Å². The van der Waals surface area contributed by atoms with E-state index in [-0.39, 0.29) is 5.92 Å². The molecule has 0 saturated carbocycles. The highest BCUT2D eigenvalue weighted by Crippen LogP contribution is 2.04. The molecule has 0 radical (unpaired) electrons. The van der Waals surface area contributed by atoms with Crippen LogP contribution >= 0.6 is 0 Å². The van der Waals surface area contributed by atoms with E-state index in [1.54, 1.807) is 0 Å². The summed E-state index contributed by atoms with van der Waals surface area (Å²) in [6.07, 6.45) is 0.613. The Kier molecular flexibility index (Phi) is 2.65. The van der Waals surface area contributed by atoms with Crippen LogP contribution in [0, 0.1) is 5.92 Å². The summed E-state index contributed by atoms with van der Waals surface area (Å²) < 4.78 is 5.00. The lowest BCUT2D eigenvalue weighted by Crippen LogP contribution is -2.26. The minimum absolute atomic E-state index is 0.275. The zero-order valence-corrected chi connectivity index (χ0v) is 5.67. The van der Waals surface area contributed by atoms with Crippen molar-refractivity contribution in [3.8, 4) is 0 Å². The SMILES string of the molecule is O=C(O)C1CCOCNC1. The van der Waals surface area contributed by atoms with E-state index < -0.39 is 5.97 Å². The highest BCUT2D eigenvalue weighted by Gasteiger charge is 2.18. The van der Waals surface area contributed by atoms with Crippen molar-refractivity contribution >= 4 is 5.97 Å². The van der Waals surface area contributed by atoms with E-state index >= 15 is 0 Å². The van der Waals surface area contributed by atoms with Gasteiger partial charge in [-0.2, -0.15) is 0 Å². The molecule has 0 aromatic heterocycles. The first-order valence-electron chi connectivity index (χ1n) is 3.32. The fourth-order valence-electron chi connectivity index (χ4n) is 0.916. The summed E-state index contributed by atoms with van der Waals surface area (Å²) in [6, 6.07) is 0. The Hall–Kier alpha value is -0.610. The van der Waals surface area contributed by atoms with Gasteiger partial charge in [0, 0.05) is 13.2 Å². The largest absolute Gasteiger partial charge is 0.481 e. The van der Waals surface area contributed by atoms with Crippen molar-refractivity contribution in [3.05, 3.63) is 0 Å². The van der Waals surface area contributed by atoms with Crippen LogP contribution in [0.1, 0.15) is 6.42 Å². The predicted octanol–water partition coefficient (Wildman–Crippen LogP) is -0.345. The van der Waals surface area contributed by atoms with Crippen LogP contribution in [0.5, 0.6) is 0 Å². The molecule has 1 aliphatic rings. The van der Waals surface area contributed by atoms with Crippen LogP contribution in [-0.2, 0) is 9.53 Å². The van der Waals surface area contributed by atoms with Gasteiger partial charge in [-0.25, -0.2) is 0 Å². The Labute approximate surface area is 59.2 Å². The summed E-state index contributed by atoms with van der Waals surface area (Å²) in [5, 5.41) is 11.4. The van der Waals surface area contributed by atoms with E-state index in [0.717, 1.165) is 0 Å². The molecule has 2 N–H and O–H groups in total. The maximum absolute atomic E-state index is 10.4. The lowest BCUT2D eigenvalue weighted by molar-refractivity contribution is -0.141. The number of ether oxygens (including phenoxy) is 1. The maximum Gasteiger partial charge on any atom is 0.307 e. The van der Waals surface area contributed by atoms with E-state index in [2.05, 4.69) is 5.32 Å². The first-order valence-corrected chi connectivity index (χ1v) is 3.32. The van der Waals surface area contributed by atoms with Gasteiger partial charge in [-0.3, -0.25) is 10.1 Å². The Bertz CT molecular complexity index is 118. The zero-order valence-electron chi connectivity index (χ0n) is 5.67.